The van der Waals surface area contributed by atoms with Gasteiger partial charge in [0, 0.05) is 42.6 Å². The number of rotatable bonds is 6. The first-order valence-corrected chi connectivity index (χ1v) is 10.9. The van der Waals surface area contributed by atoms with Crippen LogP contribution in [0.15, 0.2) is 72.6 Å². The van der Waals surface area contributed by atoms with E-state index < -0.39 is 5.67 Å². The van der Waals surface area contributed by atoms with Crippen LogP contribution < -0.4 is 5.32 Å². The van der Waals surface area contributed by atoms with E-state index in [0.717, 1.165) is 11.3 Å². The van der Waals surface area contributed by atoms with Crippen LogP contribution in [-0.4, -0.2) is 25.4 Å². The van der Waals surface area contributed by atoms with Crippen molar-refractivity contribution in [1.82, 2.24) is 19.5 Å². The van der Waals surface area contributed by atoms with Crippen LogP contribution in [0.1, 0.15) is 46.2 Å². The fraction of sp³-hybridized carbons (Fsp3) is 0.217. The minimum atomic E-state index is -1.40. The zero-order valence-electron chi connectivity index (χ0n) is 16.6. The van der Waals surface area contributed by atoms with E-state index in [4.69, 9.17) is 0 Å². The molecule has 0 aromatic carbocycles. The molecule has 4 heterocycles. The van der Waals surface area contributed by atoms with E-state index in [2.05, 4.69) is 20.3 Å². The maximum Gasteiger partial charge on any atom is 0.274 e. The predicted octanol–water partition coefficient (Wildman–Crippen LogP) is 4.78. The third kappa shape index (κ3) is 3.98. The molecule has 31 heavy (non-hydrogen) atoms. The van der Waals surface area contributed by atoms with Gasteiger partial charge in [-0.1, -0.05) is 6.07 Å². The van der Waals surface area contributed by atoms with Gasteiger partial charge in [-0.2, -0.15) is 0 Å². The molecule has 156 valence electrons. The number of alkyl halides is 1. The number of carbonyl (C=O) groups is 1. The second-order valence-corrected chi connectivity index (χ2v) is 8.55. The number of halogens is 1. The first kappa shape index (κ1) is 19.6. The molecule has 0 atom stereocenters. The summed E-state index contributed by atoms with van der Waals surface area (Å²) in [6.45, 7) is 0.579. The van der Waals surface area contributed by atoms with Crippen molar-refractivity contribution in [3.05, 3.63) is 95.3 Å². The smallest absolute Gasteiger partial charge is 0.274 e. The number of nitrogens with one attached hydrogen (secondary N) is 1. The standard InChI is InChI=1S/C23H20FN5OS/c24-23(20-5-1-2-8-26-20)12-17(13-23)18-15-31-22(27-18)28-21(30)19-4-3-11-29(19)14-16-6-9-25-10-7-16/h1-11,15,17H,12-14H2,(H,27,28,30). The number of carbonyl (C=O) groups excluding carboxylic acids is 1. The molecule has 8 heteroatoms. The van der Waals surface area contributed by atoms with Crippen LogP contribution in [-0.2, 0) is 12.2 Å². The van der Waals surface area contributed by atoms with Gasteiger partial charge in [0.15, 0.2) is 10.8 Å². The number of pyridine rings is 2. The van der Waals surface area contributed by atoms with Crippen molar-refractivity contribution in [2.75, 3.05) is 5.32 Å². The molecule has 0 saturated heterocycles. The summed E-state index contributed by atoms with van der Waals surface area (Å²) in [5, 5.41) is 5.29. The summed E-state index contributed by atoms with van der Waals surface area (Å²) >= 11 is 1.36. The first-order valence-electron chi connectivity index (χ1n) is 10.0. The molecular weight excluding hydrogens is 413 g/mol. The van der Waals surface area contributed by atoms with Gasteiger partial charge in [-0.3, -0.25) is 20.1 Å². The summed E-state index contributed by atoms with van der Waals surface area (Å²) in [6, 6.07) is 12.8. The normalized spacial score (nSPS) is 20.2. The maximum atomic E-state index is 15.0. The second-order valence-electron chi connectivity index (χ2n) is 7.69. The third-order valence-corrected chi connectivity index (χ3v) is 6.36. The highest BCUT2D eigenvalue weighted by Crippen LogP contribution is 2.53. The average molecular weight is 434 g/mol. The lowest BCUT2D eigenvalue weighted by Crippen LogP contribution is -2.36. The third-order valence-electron chi connectivity index (χ3n) is 5.59. The minimum absolute atomic E-state index is 0.0319. The van der Waals surface area contributed by atoms with Crippen LogP contribution in [0.2, 0.25) is 0 Å². The number of nitrogens with zero attached hydrogens (tertiary/aromatic N) is 4. The molecule has 0 radical (unpaired) electrons. The van der Waals surface area contributed by atoms with Crippen LogP contribution in [0.4, 0.5) is 9.52 Å². The average Bonchev–Trinajstić information content (AvgIpc) is 3.42. The van der Waals surface area contributed by atoms with Crippen molar-refractivity contribution in [3.63, 3.8) is 0 Å². The minimum Gasteiger partial charge on any atom is -0.339 e. The van der Waals surface area contributed by atoms with E-state index in [0.29, 0.717) is 35.9 Å². The van der Waals surface area contributed by atoms with Gasteiger partial charge in [0.25, 0.3) is 5.91 Å². The lowest BCUT2D eigenvalue weighted by molar-refractivity contribution is 0.0318. The van der Waals surface area contributed by atoms with E-state index in [1.807, 2.05) is 34.3 Å². The van der Waals surface area contributed by atoms with Crippen LogP contribution in [0.25, 0.3) is 0 Å². The topological polar surface area (TPSA) is 72.7 Å². The van der Waals surface area contributed by atoms with E-state index in [-0.39, 0.29) is 11.8 Å². The predicted molar refractivity (Wildman–Crippen MR) is 117 cm³/mol. The fourth-order valence-electron chi connectivity index (χ4n) is 3.90. The monoisotopic (exact) mass is 433 g/mol. The van der Waals surface area contributed by atoms with E-state index in [9.17, 15) is 4.79 Å². The highest BCUT2D eigenvalue weighted by Gasteiger charge is 2.48. The molecule has 0 spiro atoms. The maximum absolute atomic E-state index is 15.0. The summed E-state index contributed by atoms with van der Waals surface area (Å²) in [5.74, 6) is -0.189. The summed E-state index contributed by atoms with van der Waals surface area (Å²) in [5.41, 5.74) is 1.51. The Labute approximate surface area is 182 Å². The molecule has 0 aliphatic heterocycles. The van der Waals surface area contributed by atoms with Crippen molar-refractivity contribution in [2.24, 2.45) is 0 Å². The van der Waals surface area contributed by atoms with Crippen LogP contribution in [0.5, 0.6) is 0 Å². The second kappa shape index (κ2) is 8.03. The highest BCUT2D eigenvalue weighted by molar-refractivity contribution is 7.14. The summed E-state index contributed by atoms with van der Waals surface area (Å²) in [6.07, 6.45) is 7.67. The number of anilines is 1. The number of thiazole rings is 1. The van der Waals surface area contributed by atoms with Gasteiger partial charge in [0.1, 0.15) is 5.69 Å². The van der Waals surface area contributed by atoms with Gasteiger partial charge >= 0.3 is 0 Å². The van der Waals surface area contributed by atoms with Gasteiger partial charge in [-0.25, -0.2) is 9.37 Å². The van der Waals surface area contributed by atoms with Crippen molar-refractivity contribution in [1.29, 1.82) is 0 Å². The quantitative estimate of drug-likeness (QED) is 0.475. The van der Waals surface area contributed by atoms with Crippen LogP contribution >= 0.6 is 11.3 Å². The lowest BCUT2D eigenvalue weighted by atomic mass is 9.69. The Balaban J connectivity index is 1.23. The van der Waals surface area contributed by atoms with Crippen molar-refractivity contribution in [2.45, 2.75) is 31.0 Å². The number of aromatic nitrogens is 4. The molecule has 1 aliphatic rings. The lowest BCUT2D eigenvalue weighted by Gasteiger charge is -2.40. The van der Waals surface area contributed by atoms with Gasteiger partial charge in [-0.05, 0) is 54.8 Å². The number of hydrogen-bond acceptors (Lipinski definition) is 5. The molecule has 1 N–H and O–H groups in total. The summed E-state index contributed by atoms with van der Waals surface area (Å²) in [4.78, 5) is 25.5. The van der Waals surface area contributed by atoms with Crippen LogP contribution in [0.3, 0.4) is 0 Å². The molecule has 4 aromatic heterocycles. The van der Waals surface area contributed by atoms with E-state index >= 15 is 4.39 Å². The fourth-order valence-corrected chi connectivity index (χ4v) is 4.69. The molecule has 5 rings (SSSR count). The molecule has 1 saturated carbocycles. The Kier molecular flexibility index (Phi) is 5.07. The number of hydrogen-bond donors (Lipinski definition) is 1. The Morgan fingerprint density at radius 2 is 2.00 bits per heavy atom. The molecule has 4 aromatic rings. The Morgan fingerprint density at radius 1 is 1.16 bits per heavy atom. The van der Waals surface area contributed by atoms with Crippen molar-refractivity contribution in [3.8, 4) is 0 Å². The van der Waals surface area contributed by atoms with E-state index in [1.165, 1.54) is 11.3 Å². The molecule has 6 nitrogen and oxygen atoms in total. The number of amides is 1. The van der Waals surface area contributed by atoms with E-state index in [1.54, 1.807) is 42.9 Å². The molecule has 1 amide bonds. The first-order chi connectivity index (χ1) is 15.1. The van der Waals surface area contributed by atoms with Gasteiger partial charge in [0.05, 0.1) is 11.4 Å². The Bertz CT molecular complexity index is 1180. The SMILES string of the molecule is O=C(Nc1nc(C2CC(F)(c3ccccn3)C2)cs1)c1cccn1Cc1ccncc1. The zero-order valence-corrected chi connectivity index (χ0v) is 17.4. The van der Waals surface area contributed by atoms with Gasteiger partial charge in [-0.15, -0.1) is 11.3 Å². The van der Waals surface area contributed by atoms with Crippen molar-refractivity contribution < 1.29 is 9.18 Å². The molecule has 0 unspecified atom stereocenters. The molecular formula is C23H20FN5OS. The Hall–Kier alpha value is -3.39. The van der Waals surface area contributed by atoms with Crippen LogP contribution in [0, 0.1) is 0 Å². The molecule has 1 aliphatic carbocycles. The zero-order chi connectivity index (χ0) is 21.3. The molecule has 1 fully saturated rings. The summed E-state index contributed by atoms with van der Waals surface area (Å²) < 4.78 is 16.9. The highest BCUT2D eigenvalue weighted by atomic mass is 32.1. The van der Waals surface area contributed by atoms with Crippen molar-refractivity contribution >= 4 is 22.4 Å². The molecule has 0 bridgehead atoms. The largest absolute Gasteiger partial charge is 0.339 e. The Morgan fingerprint density at radius 3 is 2.77 bits per heavy atom. The van der Waals surface area contributed by atoms with Gasteiger partial charge < -0.3 is 4.57 Å². The van der Waals surface area contributed by atoms with Gasteiger partial charge in [0.2, 0.25) is 0 Å². The summed E-state index contributed by atoms with van der Waals surface area (Å²) in [7, 11) is 0.